The number of hydrogen-bond acceptors (Lipinski definition) is 2. The monoisotopic (exact) mass is 282 g/mol. The van der Waals surface area contributed by atoms with Crippen LogP contribution >= 0.6 is 0 Å². The molecule has 2 unspecified atom stereocenters. The van der Waals surface area contributed by atoms with E-state index in [2.05, 4.69) is 12.2 Å². The normalized spacial score (nSPS) is 22.9. The Hall–Kier alpha value is -1.49. The molecule has 2 rings (SSSR count). The molecule has 0 radical (unpaired) electrons. The van der Waals surface area contributed by atoms with Gasteiger partial charge < -0.3 is 10.2 Å². The second-order valence-electron chi connectivity index (χ2n) is 5.43. The van der Waals surface area contributed by atoms with Crippen LogP contribution in [0.25, 0.3) is 0 Å². The Morgan fingerprint density at radius 1 is 1.40 bits per heavy atom. The van der Waals surface area contributed by atoms with E-state index in [0.717, 1.165) is 18.6 Å². The molecule has 20 heavy (non-hydrogen) atoms. The quantitative estimate of drug-likeness (QED) is 0.919. The van der Waals surface area contributed by atoms with Gasteiger partial charge in [0, 0.05) is 19.1 Å². The predicted molar refractivity (Wildman–Crippen MR) is 73.3 cm³/mol. The fourth-order valence-corrected chi connectivity index (χ4v) is 2.74. The van der Waals surface area contributed by atoms with Gasteiger partial charge in [-0.15, -0.1) is 0 Å². The van der Waals surface area contributed by atoms with E-state index in [0.29, 0.717) is 30.6 Å². The second kappa shape index (κ2) is 6.31. The Bertz CT molecular complexity index is 493. The minimum atomic E-state index is -0.905. The van der Waals surface area contributed by atoms with Crippen molar-refractivity contribution in [1.82, 2.24) is 10.2 Å². The summed E-state index contributed by atoms with van der Waals surface area (Å²) in [6, 6.07) is 4.05. The fraction of sp³-hybridized carbons (Fsp3) is 0.533. The molecule has 1 saturated heterocycles. The summed E-state index contributed by atoms with van der Waals surface area (Å²) in [6.07, 6.45) is 1.04. The lowest BCUT2D eigenvalue weighted by Gasteiger charge is -2.36. The molecule has 1 aliphatic rings. The SMILES string of the molecule is CNC1CCN(C(=O)Cc2ccc(F)c(F)c2)CC1C. The van der Waals surface area contributed by atoms with Gasteiger partial charge in [0.05, 0.1) is 6.42 Å². The number of rotatable bonds is 3. The lowest BCUT2D eigenvalue weighted by atomic mass is 9.93. The molecule has 1 amide bonds. The number of piperidine rings is 1. The van der Waals surface area contributed by atoms with Crippen molar-refractivity contribution in [2.24, 2.45) is 5.92 Å². The molecule has 1 fully saturated rings. The highest BCUT2D eigenvalue weighted by atomic mass is 19.2. The number of amides is 1. The van der Waals surface area contributed by atoms with Crippen LogP contribution in [0.3, 0.4) is 0 Å². The number of hydrogen-bond donors (Lipinski definition) is 1. The molecule has 0 saturated carbocycles. The Morgan fingerprint density at radius 2 is 2.15 bits per heavy atom. The van der Waals surface area contributed by atoms with E-state index in [9.17, 15) is 13.6 Å². The van der Waals surface area contributed by atoms with E-state index < -0.39 is 11.6 Å². The van der Waals surface area contributed by atoms with E-state index in [1.165, 1.54) is 6.07 Å². The third kappa shape index (κ3) is 3.33. The fourth-order valence-electron chi connectivity index (χ4n) is 2.74. The number of likely N-dealkylation sites (tertiary alicyclic amines) is 1. The van der Waals surface area contributed by atoms with Crippen LogP contribution in [0.5, 0.6) is 0 Å². The summed E-state index contributed by atoms with van der Waals surface area (Å²) >= 11 is 0. The van der Waals surface area contributed by atoms with Crippen molar-refractivity contribution < 1.29 is 13.6 Å². The van der Waals surface area contributed by atoms with Crippen LogP contribution in [0.1, 0.15) is 18.9 Å². The highest BCUT2D eigenvalue weighted by molar-refractivity contribution is 5.78. The summed E-state index contributed by atoms with van der Waals surface area (Å²) < 4.78 is 26.0. The van der Waals surface area contributed by atoms with Gasteiger partial charge in [-0.05, 0) is 37.1 Å². The molecule has 0 bridgehead atoms. The van der Waals surface area contributed by atoms with E-state index >= 15 is 0 Å². The summed E-state index contributed by atoms with van der Waals surface area (Å²) in [5.74, 6) is -1.43. The van der Waals surface area contributed by atoms with Crippen LogP contribution in [0.4, 0.5) is 8.78 Å². The van der Waals surface area contributed by atoms with Crippen LogP contribution in [0, 0.1) is 17.6 Å². The van der Waals surface area contributed by atoms with E-state index in [1.807, 2.05) is 7.05 Å². The maximum Gasteiger partial charge on any atom is 0.227 e. The summed E-state index contributed by atoms with van der Waals surface area (Å²) in [4.78, 5) is 14.0. The molecule has 2 atom stereocenters. The van der Waals surface area contributed by atoms with Gasteiger partial charge in [-0.3, -0.25) is 4.79 Å². The van der Waals surface area contributed by atoms with Crippen molar-refractivity contribution >= 4 is 5.91 Å². The van der Waals surface area contributed by atoms with Crippen LogP contribution in [0.2, 0.25) is 0 Å². The van der Waals surface area contributed by atoms with Crippen LogP contribution < -0.4 is 5.32 Å². The minimum Gasteiger partial charge on any atom is -0.342 e. The molecule has 0 aromatic heterocycles. The average Bonchev–Trinajstić information content (AvgIpc) is 2.42. The molecule has 1 N–H and O–H groups in total. The smallest absolute Gasteiger partial charge is 0.227 e. The highest BCUT2D eigenvalue weighted by Crippen LogP contribution is 2.18. The zero-order valence-electron chi connectivity index (χ0n) is 11.8. The number of benzene rings is 1. The lowest BCUT2D eigenvalue weighted by molar-refractivity contribution is -0.132. The zero-order chi connectivity index (χ0) is 14.7. The summed E-state index contributed by atoms with van der Waals surface area (Å²) in [7, 11) is 1.93. The molecule has 1 heterocycles. The van der Waals surface area contributed by atoms with E-state index in [1.54, 1.807) is 4.90 Å². The standard InChI is InChI=1S/C15H20F2N2O/c1-10-9-19(6-5-14(10)18-2)15(20)8-11-3-4-12(16)13(17)7-11/h3-4,7,10,14,18H,5-6,8-9H2,1-2H3. The van der Waals surface area contributed by atoms with Crippen LogP contribution in [-0.2, 0) is 11.2 Å². The Balaban J connectivity index is 1.97. The predicted octanol–water partition coefficient (Wildman–Crippen LogP) is 1.96. The first kappa shape index (κ1) is 14.9. The first-order chi connectivity index (χ1) is 9.51. The van der Waals surface area contributed by atoms with Crippen molar-refractivity contribution in [3.63, 3.8) is 0 Å². The Labute approximate surface area is 118 Å². The number of carbonyl (C=O) groups is 1. The molecule has 1 aromatic carbocycles. The topological polar surface area (TPSA) is 32.3 Å². The Kier molecular flexibility index (Phi) is 4.70. The maximum atomic E-state index is 13.1. The largest absolute Gasteiger partial charge is 0.342 e. The van der Waals surface area contributed by atoms with Crippen molar-refractivity contribution in [3.05, 3.63) is 35.4 Å². The van der Waals surface area contributed by atoms with Gasteiger partial charge in [0.15, 0.2) is 11.6 Å². The van der Waals surface area contributed by atoms with Crippen LogP contribution in [-0.4, -0.2) is 37.0 Å². The third-order valence-corrected chi connectivity index (χ3v) is 3.97. The molecule has 0 aliphatic carbocycles. The molecular weight excluding hydrogens is 262 g/mol. The van der Waals surface area contributed by atoms with Crippen molar-refractivity contribution in [1.29, 1.82) is 0 Å². The van der Waals surface area contributed by atoms with Crippen LogP contribution in [0.15, 0.2) is 18.2 Å². The minimum absolute atomic E-state index is 0.0302. The van der Waals surface area contributed by atoms with E-state index in [-0.39, 0.29) is 12.3 Å². The van der Waals surface area contributed by atoms with Gasteiger partial charge in [0.1, 0.15) is 0 Å². The summed E-state index contributed by atoms with van der Waals surface area (Å²) in [6.45, 7) is 3.52. The second-order valence-corrected chi connectivity index (χ2v) is 5.43. The molecule has 3 nitrogen and oxygen atoms in total. The summed E-state index contributed by atoms with van der Waals surface area (Å²) in [5, 5.41) is 3.25. The van der Waals surface area contributed by atoms with Gasteiger partial charge in [-0.2, -0.15) is 0 Å². The Morgan fingerprint density at radius 3 is 2.75 bits per heavy atom. The number of halogens is 2. The average molecular weight is 282 g/mol. The van der Waals surface area contributed by atoms with Gasteiger partial charge >= 0.3 is 0 Å². The molecule has 110 valence electrons. The van der Waals surface area contributed by atoms with Crippen molar-refractivity contribution in [2.45, 2.75) is 25.8 Å². The summed E-state index contributed by atoms with van der Waals surface area (Å²) in [5.41, 5.74) is 0.511. The van der Waals surface area contributed by atoms with Crippen molar-refractivity contribution in [3.8, 4) is 0 Å². The third-order valence-electron chi connectivity index (χ3n) is 3.97. The molecule has 5 heteroatoms. The zero-order valence-corrected chi connectivity index (χ0v) is 11.8. The van der Waals surface area contributed by atoms with Crippen molar-refractivity contribution in [2.75, 3.05) is 20.1 Å². The molecule has 1 aliphatic heterocycles. The highest BCUT2D eigenvalue weighted by Gasteiger charge is 2.27. The maximum absolute atomic E-state index is 13.1. The molecule has 1 aromatic rings. The molecular formula is C15H20F2N2O. The first-order valence-electron chi connectivity index (χ1n) is 6.90. The number of carbonyl (C=O) groups excluding carboxylic acids is 1. The van der Waals surface area contributed by atoms with Gasteiger partial charge in [-0.25, -0.2) is 8.78 Å². The first-order valence-corrected chi connectivity index (χ1v) is 6.90. The number of nitrogens with zero attached hydrogens (tertiary/aromatic N) is 1. The lowest BCUT2D eigenvalue weighted by Crippen LogP contribution is -2.49. The van der Waals surface area contributed by atoms with E-state index in [4.69, 9.17) is 0 Å². The van der Waals surface area contributed by atoms with Gasteiger partial charge in [0.25, 0.3) is 0 Å². The van der Waals surface area contributed by atoms with Gasteiger partial charge in [-0.1, -0.05) is 13.0 Å². The number of nitrogens with one attached hydrogen (secondary N) is 1. The van der Waals surface area contributed by atoms with Gasteiger partial charge in [0.2, 0.25) is 5.91 Å². The molecule has 0 spiro atoms.